The highest BCUT2D eigenvalue weighted by atomic mass is 35.5. The van der Waals surface area contributed by atoms with Gasteiger partial charge in [-0.2, -0.15) is 13.2 Å². The quantitative estimate of drug-likeness (QED) is 0.611. The molecule has 1 amide bonds. The second kappa shape index (κ2) is 8.33. The van der Waals surface area contributed by atoms with Crippen molar-refractivity contribution in [3.8, 4) is 0 Å². The number of hydrogen-bond acceptors (Lipinski definition) is 3. The van der Waals surface area contributed by atoms with Crippen molar-refractivity contribution in [2.45, 2.75) is 6.18 Å². The average molecular weight is 404 g/mol. The first kappa shape index (κ1) is 19.9. The Kier molecular flexibility index (Phi) is 6.39. The molecule has 0 aliphatic rings. The van der Waals surface area contributed by atoms with Crippen LogP contribution in [0.25, 0.3) is 5.70 Å². The Labute approximate surface area is 158 Å². The molecule has 0 radical (unpaired) electrons. The number of halogens is 5. The van der Waals surface area contributed by atoms with Crippen LogP contribution in [0, 0.1) is 0 Å². The zero-order valence-corrected chi connectivity index (χ0v) is 14.8. The van der Waals surface area contributed by atoms with E-state index in [0.29, 0.717) is 21.3 Å². The molecular weight excluding hydrogens is 390 g/mol. The molecule has 2 aromatic carbocycles. The number of hydrazine groups is 1. The Morgan fingerprint density at radius 2 is 1.77 bits per heavy atom. The molecule has 138 valence electrons. The largest absolute Gasteiger partial charge is 0.416 e. The molecule has 0 saturated carbocycles. The Balaban J connectivity index is 1.85. The number of amides is 1. The van der Waals surface area contributed by atoms with Crippen molar-refractivity contribution in [1.29, 1.82) is 0 Å². The van der Waals surface area contributed by atoms with Crippen LogP contribution < -0.4 is 16.2 Å². The van der Waals surface area contributed by atoms with Gasteiger partial charge >= 0.3 is 6.18 Å². The standard InChI is InChI=1S/C17H14Cl2F3N3O/c1-10(11-5-6-14(18)15(19)7-11)24-25-16(26)9-23-13-4-2-3-12(8-13)17(20,21)22/h2-8,23-24H,1,9H2,(H,25,26). The van der Waals surface area contributed by atoms with Gasteiger partial charge in [-0.15, -0.1) is 0 Å². The van der Waals surface area contributed by atoms with Gasteiger partial charge in [-0.25, -0.2) is 0 Å². The van der Waals surface area contributed by atoms with Gasteiger partial charge in [0, 0.05) is 11.3 Å². The fourth-order valence-corrected chi connectivity index (χ4v) is 2.23. The monoisotopic (exact) mass is 403 g/mol. The molecule has 0 unspecified atom stereocenters. The SMILES string of the molecule is C=C(NNC(=O)CNc1cccc(C(F)(F)F)c1)c1ccc(Cl)c(Cl)c1. The van der Waals surface area contributed by atoms with Gasteiger partial charge in [0.1, 0.15) is 0 Å². The highest BCUT2D eigenvalue weighted by Crippen LogP contribution is 2.30. The van der Waals surface area contributed by atoms with Gasteiger partial charge < -0.3 is 5.32 Å². The molecule has 0 aliphatic heterocycles. The van der Waals surface area contributed by atoms with Gasteiger partial charge in [-0.1, -0.05) is 41.9 Å². The van der Waals surface area contributed by atoms with Crippen LogP contribution in [-0.2, 0) is 11.0 Å². The van der Waals surface area contributed by atoms with E-state index in [-0.39, 0.29) is 12.2 Å². The summed E-state index contributed by atoms with van der Waals surface area (Å²) in [6.45, 7) is 3.52. The lowest BCUT2D eigenvalue weighted by atomic mass is 10.2. The van der Waals surface area contributed by atoms with E-state index in [2.05, 4.69) is 22.7 Å². The second-order valence-electron chi connectivity index (χ2n) is 5.21. The Morgan fingerprint density at radius 3 is 2.42 bits per heavy atom. The molecule has 3 N–H and O–H groups in total. The number of rotatable bonds is 6. The van der Waals surface area contributed by atoms with Crippen molar-refractivity contribution < 1.29 is 18.0 Å². The maximum absolute atomic E-state index is 12.6. The van der Waals surface area contributed by atoms with Gasteiger partial charge in [0.2, 0.25) is 0 Å². The maximum Gasteiger partial charge on any atom is 0.416 e. The smallest absolute Gasteiger partial charge is 0.376 e. The van der Waals surface area contributed by atoms with Crippen LogP contribution in [0.4, 0.5) is 18.9 Å². The molecule has 0 aliphatic carbocycles. The Bertz CT molecular complexity index is 825. The van der Waals surface area contributed by atoms with E-state index in [9.17, 15) is 18.0 Å². The van der Waals surface area contributed by atoms with Crippen molar-refractivity contribution in [3.63, 3.8) is 0 Å². The predicted octanol–water partition coefficient (Wildman–Crippen LogP) is 4.72. The number of anilines is 1. The summed E-state index contributed by atoms with van der Waals surface area (Å²) in [5.41, 5.74) is 5.35. The van der Waals surface area contributed by atoms with E-state index < -0.39 is 17.6 Å². The molecule has 0 bridgehead atoms. The van der Waals surface area contributed by atoms with Crippen LogP contribution in [0.1, 0.15) is 11.1 Å². The topological polar surface area (TPSA) is 53.2 Å². The van der Waals surface area contributed by atoms with E-state index >= 15 is 0 Å². The van der Waals surface area contributed by atoms with E-state index in [0.717, 1.165) is 12.1 Å². The lowest BCUT2D eigenvalue weighted by molar-refractivity contribution is -0.137. The van der Waals surface area contributed by atoms with Crippen LogP contribution in [-0.4, -0.2) is 12.5 Å². The third-order valence-electron chi connectivity index (χ3n) is 3.26. The lowest BCUT2D eigenvalue weighted by Crippen LogP contribution is -2.39. The summed E-state index contributed by atoms with van der Waals surface area (Å²) in [6, 6.07) is 9.40. The number of carbonyl (C=O) groups is 1. The molecule has 26 heavy (non-hydrogen) atoms. The molecule has 4 nitrogen and oxygen atoms in total. The molecule has 0 saturated heterocycles. The average Bonchev–Trinajstić information content (AvgIpc) is 2.59. The van der Waals surface area contributed by atoms with Crippen LogP contribution in [0.3, 0.4) is 0 Å². The fourth-order valence-electron chi connectivity index (χ4n) is 1.93. The summed E-state index contributed by atoms with van der Waals surface area (Å²) in [5.74, 6) is -0.497. The van der Waals surface area contributed by atoms with Crippen molar-refractivity contribution in [1.82, 2.24) is 10.9 Å². The highest BCUT2D eigenvalue weighted by Gasteiger charge is 2.30. The minimum absolute atomic E-state index is 0.179. The molecule has 9 heteroatoms. The van der Waals surface area contributed by atoms with E-state index in [4.69, 9.17) is 23.2 Å². The van der Waals surface area contributed by atoms with Crippen LogP contribution >= 0.6 is 23.2 Å². The molecule has 2 rings (SSSR count). The van der Waals surface area contributed by atoms with Crippen molar-refractivity contribution in [3.05, 3.63) is 70.2 Å². The van der Waals surface area contributed by atoms with Crippen LogP contribution in [0.2, 0.25) is 10.0 Å². The summed E-state index contributed by atoms with van der Waals surface area (Å²) < 4.78 is 37.9. The van der Waals surface area contributed by atoms with Gasteiger partial charge in [-0.05, 0) is 30.3 Å². The first-order valence-corrected chi connectivity index (χ1v) is 8.03. The maximum atomic E-state index is 12.6. The summed E-state index contributed by atoms with van der Waals surface area (Å²) in [4.78, 5) is 11.8. The first-order chi connectivity index (χ1) is 12.2. The number of alkyl halides is 3. The first-order valence-electron chi connectivity index (χ1n) is 7.27. The second-order valence-corrected chi connectivity index (χ2v) is 6.03. The van der Waals surface area contributed by atoms with Crippen molar-refractivity contribution in [2.75, 3.05) is 11.9 Å². The Hall–Kier alpha value is -2.38. The third kappa shape index (κ3) is 5.57. The number of hydrogen-bond donors (Lipinski definition) is 3. The van der Waals surface area contributed by atoms with Crippen molar-refractivity contribution in [2.24, 2.45) is 0 Å². The zero-order valence-electron chi connectivity index (χ0n) is 13.3. The molecule has 2 aromatic rings. The van der Waals surface area contributed by atoms with E-state index in [1.165, 1.54) is 12.1 Å². The summed E-state index contributed by atoms with van der Waals surface area (Å²) >= 11 is 11.7. The van der Waals surface area contributed by atoms with Crippen molar-refractivity contribution >= 4 is 40.5 Å². The molecule has 0 atom stereocenters. The van der Waals surface area contributed by atoms with Gasteiger partial charge in [0.25, 0.3) is 5.91 Å². The van der Waals surface area contributed by atoms with Gasteiger partial charge in [0.05, 0.1) is 27.9 Å². The lowest BCUT2D eigenvalue weighted by Gasteiger charge is -2.13. The zero-order chi connectivity index (χ0) is 19.3. The summed E-state index contributed by atoms with van der Waals surface area (Å²) in [7, 11) is 0. The molecule has 0 aromatic heterocycles. The van der Waals surface area contributed by atoms with Gasteiger partial charge in [-0.3, -0.25) is 15.6 Å². The molecule has 0 heterocycles. The Morgan fingerprint density at radius 1 is 1.04 bits per heavy atom. The predicted molar refractivity (Wildman–Crippen MR) is 96.7 cm³/mol. The minimum Gasteiger partial charge on any atom is -0.376 e. The van der Waals surface area contributed by atoms with Crippen LogP contribution in [0.5, 0.6) is 0 Å². The fraction of sp³-hybridized carbons (Fsp3) is 0.118. The summed E-state index contributed by atoms with van der Waals surface area (Å²) in [5, 5.41) is 3.34. The number of carbonyl (C=O) groups excluding carboxylic acids is 1. The molecule has 0 spiro atoms. The van der Waals surface area contributed by atoms with E-state index in [1.807, 2.05) is 0 Å². The minimum atomic E-state index is -4.45. The van der Waals surface area contributed by atoms with Crippen LogP contribution in [0.15, 0.2) is 49.0 Å². The molecule has 0 fully saturated rings. The van der Waals surface area contributed by atoms with E-state index in [1.54, 1.807) is 18.2 Å². The summed E-state index contributed by atoms with van der Waals surface area (Å²) in [6.07, 6.45) is -4.45. The highest BCUT2D eigenvalue weighted by molar-refractivity contribution is 6.42. The third-order valence-corrected chi connectivity index (χ3v) is 4.00. The molecular formula is C17H14Cl2F3N3O. The normalized spacial score (nSPS) is 11.0. The number of nitrogens with one attached hydrogen (secondary N) is 3. The van der Waals surface area contributed by atoms with Gasteiger partial charge in [0.15, 0.2) is 0 Å². The number of benzene rings is 2.